The summed E-state index contributed by atoms with van der Waals surface area (Å²) in [5.74, 6) is 1.42. The molecule has 6 aliphatic carbocycles. The van der Waals surface area contributed by atoms with Crippen LogP contribution in [0.4, 0.5) is 0 Å². The lowest BCUT2D eigenvalue weighted by atomic mass is 9.32. The Bertz CT molecular complexity index is 1520. The summed E-state index contributed by atoms with van der Waals surface area (Å²) in [6.45, 7) is 27.2. The number of fused-ring (bicyclic) bond motifs is 7. The van der Waals surface area contributed by atoms with Crippen LogP contribution in [0.2, 0.25) is 0 Å². The van der Waals surface area contributed by atoms with Crippen molar-refractivity contribution in [3.8, 4) is 0 Å². The van der Waals surface area contributed by atoms with E-state index in [0.29, 0.717) is 48.5 Å². The Balaban J connectivity index is 1.21. The zero-order valence-electron chi connectivity index (χ0n) is 36.7. The number of carbonyl (C=O) groups is 4. The van der Waals surface area contributed by atoms with Gasteiger partial charge in [0.25, 0.3) is 0 Å². The second kappa shape index (κ2) is 14.3. The average molecular weight is 768 g/mol. The molecular weight excluding hydrogens is 691 g/mol. The number of unbranched alkanes of at least 4 members (excludes halogenated alkanes) is 1. The van der Waals surface area contributed by atoms with E-state index in [1.807, 2.05) is 0 Å². The van der Waals surface area contributed by atoms with Crippen LogP contribution < -0.4 is 5.32 Å². The summed E-state index contributed by atoms with van der Waals surface area (Å²) >= 11 is 0. The molecule has 6 rings (SSSR count). The summed E-state index contributed by atoms with van der Waals surface area (Å²) < 4.78 is 11.8. The maximum Gasteiger partial charge on any atom is 0.309 e. The summed E-state index contributed by atoms with van der Waals surface area (Å²) in [6, 6.07) is -0.0185. The molecule has 6 fully saturated rings. The van der Waals surface area contributed by atoms with Crippen LogP contribution in [-0.2, 0) is 28.7 Å². The third kappa shape index (κ3) is 6.50. The Hall–Kier alpha value is -2.12. The zero-order chi connectivity index (χ0) is 40.7. The molecule has 6 aliphatic rings. The Morgan fingerprint density at radius 1 is 0.818 bits per heavy atom. The largest absolute Gasteiger partial charge is 0.481 e. The zero-order valence-corrected chi connectivity index (χ0v) is 36.7. The highest BCUT2D eigenvalue weighted by atomic mass is 16.5. The van der Waals surface area contributed by atoms with Gasteiger partial charge in [0.1, 0.15) is 6.10 Å². The van der Waals surface area contributed by atoms with Crippen LogP contribution in [0.25, 0.3) is 0 Å². The molecule has 0 unspecified atom stereocenters. The topological polar surface area (TPSA) is 119 Å². The number of hydrogen-bond acceptors (Lipinski definition) is 6. The fourth-order valence-corrected chi connectivity index (χ4v) is 14.9. The van der Waals surface area contributed by atoms with E-state index in [2.05, 4.69) is 74.6 Å². The minimum atomic E-state index is -1.16. The van der Waals surface area contributed by atoms with Crippen molar-refractivity contribution in [2.45, 2.75) is 185 Å². The van der Waals surface area contributed by atoms with Crippen molar-refractivity contribution in [2.75, 3.05) is 6.61 Å². The molecule has 0 saturated heterocycles. The molecule has 6 saturated carbocycles. The fourth-order valence-electron chi connectivity index (χ4n) is 14.9. The second-order valence-corrected chi connectivity index (χ2v) is 22.7. The number of aliphatic carboxylic acids is 1. The number of ether oxygens (including phenoxy) is 2. The molecule has 0 spiro atoms. The summed E-state index contributed by atoms with van der Waals surface area (Å²) in [4.78, 5) is 52.8. The lowest BCUT2D eigenvalue weighted by molar-refractivity contribution is -0.250. The van der Waals surface area contributed by atoms with Gasteiger partial charge in [-0.2, -0.15) is 0 Å². The van der Waals surface area contributed by atoms with E-state index < -0.39 is 17.4 Å². The van der Waals surface area contributed by atoms with Gasteiger partial charge in [0.05, 0.1) is 29.8 Å². The molecule has 0 heterocycles. The van der Waals surface area contributed by atoms with Gasteiger partial charge in [-0.1, -0.05) is 75.7 Å². The molecule has 0 aromatic carbocycles. The highest BCUT2D eigenvalue weighted by Crippen LogP contribution is 2.77. The molecule has 0 radical (unpaired) electrons. The van der Waals surface area contributed by atoms with Gasteiger partial charge in [0.2, 0.25) is 5.91 Å². The quantitative estimate of drug-likeness (QED) is 0.159. The third-order valence-electron chi connectivity index (χ3n) is 18.8. The Labute approximate surface area is 333 Å². The molecule has 8 heteroatoms. The van der Waals surface area contributed by atoms with Gasteiger partial charge in [0.15, 0.2) is 0 Å². The molecule has 312 valence electrons. The molecule has 0 aliphatic heterocycles. The first-order chi connectivity index (χ1) is 25.4. The standard InChI is InChI=1S/C47H77NO7/c1-13-14-25-54-38(50)31-26-34(42(31,6)7)48-39(51)47-22-17-29(28(2)3)37(47)30-15-16-33-44(10)20-19-35(55-36(49)27-41(4,5)40(52)53)43(8,9)32(44)18-21-46(33,12)45(30,11)23-24-47/h28-35,37H,13-27H2,1-12H3,(H,48,51)(H,52,53)/t29-,30+,31+,32-,33+,34+,35-,37+,44-,45+,46+,47-/m0/s1. The van der Waals surface area contributed by atoms with Crippen LogP contribution in [0.3, 0.4) is 0 Å². The SMILES string of the molecule is CCCCOC(=O)[C@H]1C[C@@H](NC(=O)[C@]23CC[C@@H](C(C)C)[C@@H]2[C@H]2CC[C@@H]4[C@@]5(C)CC[C@H](OC(=O)CC(C)(C)C(=O)O)C(C)(C)[C@@H]5CC[C@@]4(C)[C@]2(C)CC3)C1(C)C. The van der Waals surface area contributed by atoms with Crippen molar-refractivity contribution in [3.63, 3.8) is 0 Å². The van der Waals surface area contributed by atoms with Gasteiger partial charge in [-0.25, -0.2) is 0 Å². The molecule has 2 N–H and O–H groups in total. The molecule has 8 nitrogen and oxygen atoms in total. The van der Waals surface area contributed by atoms with E-state index in [0.717, 1.165) is 70.6 Å². The summed E-state index contributed by atoms with van der Waals surface area (Å²) in [7, 11) is 0. The normalized spacial score (nSPS) is 42.8. The maximum absolute atomic E-state index is 14.9. The van der Waals surface area contributed by atoms with Crippen molar-refractivity contribution < 1.29 is 33.8 Å². The number of nitrogens with one attached hydrogen (secondary N) is 1. The molecule has 12 atom stereocenters. The van der Waals surface area contributed by atoms with Gasteiger partial charge >= 0.3 is 17.9 Å². The molecule has 55 heavy (non-hydrogen) atoms. The first-order valence-corrected chi connectivity index (χ1v) is 22.3. The predicted octanol–water partition coefficient (Wildman–Crippen LogP) is 10.0. The minimum Gasteiger partial charge on any atom is -0.481 e. The van der Waals surface area contributed by atoms with E-state index >= 15 is 0 Å². The summed E-state index contributed by atoms with van der Waals surface area (Å²) in [5.41, 5.74) is -1.69. The van der Waals surface area contributed by atoms with Crippen LogP contribution in [-0.4, -0.2) is 47.7 Å². The molecule has 0 bridgehead atoms. The highest BCUT2D eigenvalue weighted by Gasteiger charge is 2.72. The molecule has 1 amide bonds. The summed E-state index contributed by atoms with van der Waals surface area (Å²) in [5, 5.41) is 13.2. The smallest absolute Gasteiger partial charge is 0.309 e. The van der Waals surface area contributed by atoms with Crippen LogP contribution in [0.15, 0.2) is 0 Å². The van der Waals surface area contributed by atoms with E-state index in [-0.39, 0.29) is 68.9 Å². The third-order valence-corrected chi connectivity index (χ3v) is 18.8. The Morgan fingerprint density at radius 3 is 2.13 bits per heavy atom. The Kier molecular flexibility index (Phi) is 11.1. The number of carboxylic acid groups (broad SMARTS) is 1. The van der Waals surface area contributed by atoms with Crippen molar-refractivity contribution >= 4 is 23.8 Å². The van der Waals surface area contributed by atoms with E-state index in [9.17, 15) is 24.3 Å². The van der Waals surface area contributed by atoms with Crippen molar-refractivity contribution in [2.24, 2.45) is 79.3 Å². The first-order valence-electron chi connectivity index (χ1n) is 22.3. The average Bonchev–Trinajstić information content (AvgIpc) is 3.49. The van der Waals surface area contributed by atoms with Crippen LogP contribution in [0, 0.1) is 79.3 Å². The number of carbonyl (C=O) groups excluding carboxylic acids is 3. The van der Waals surface area contributed by atoms with Crippen molar-refractivity contribution in [1.82, 2.24) is 5.32 Å². The second-order valence-electron chi connectivity index (χ2n) is 22.7. The monoisotopic (exact) mass is 768 g/mol. The molecule has 0 aromatic rings. The number of amides is 1. The van der Waals surface area contributed by atoms with Crippen LogP contribution >= 0.6 is 0 Å². The number of hydrogen-bond donors (Lipinski definition) is 2. The molecular formula is C47H77NO7. The van der Waals surface area contributed by atoms with Crippen LogP contribution in [0.5, 0.6) is 0 Å². The van der Waals surface area contributed by atoms with E-state index in [1.165, 1.54) is 6.42 Å². The number of rotatable bonds is 11. The highest BCUT2D eigenvalue weighted by molar-refractivity contribution is 5.85. The summed E-state index contributed by atoms with van der Waals surface area (Å²) in [6.07, 6.45) is 12.7. The molecule has 0 aromatic heterocycles. The minimum absolute atomic E-state index is 0.0185. The lowest BCUT2D eigenvalue weighted by Crippen LogP contribution is -2.68. The van der Waals surface area contributed by atoms with Crippen LogP contribution in [0.1, 0.15) is 173 Å². The predicted molar refractivity (Wildman–Crippen MR) is 215 cm³/mol. The first kappa shape index (κ1) is 42.5. The lowest BCUT2D eigenvalue weighted by Gasteiger charge is -2.73. The van der Waals surface area contributed by atoms with Crippen molar-refractivity contribution in [3.05, 3.63) is 0 Å². The van der Waals surface area contributed by atoms with Gasteiger partial charge in [-0.05, 0) is 148 Å². The number of carboxylic acids is 1. The van der Waals surface area contributed by atoms with E-state index in [4.69, 9.17) is 9.47 Å². The number of esters is 2. The maximum atomic E-state index is 14.9. The van der Waals surface area contributed by atoms with Gasteiger partial charge in [0, 0.05) is 11.5 Å². The Morgan fingerprint density at radius 2 is 1.51 bits per heavy atom. The van der Waals surface area contributed by atoms with Gasteiger partial charge in [-0.3, -0.25) is 19.2 Å². The van der Waals surface area contributed by atoms with Gasteiger partial charge in [-0.15, -0.1) is 0 Å². The fraction of sp³-hybridized carbons (Fsp3) is 0.915. The van der Waals surface area contributed by atoms with Crippen molar-refractivity contribution in [1.29, 1.82) is 0 Å². The van der Waals surface area contributed by atoms with Gasteiger partial charge < -0.3 is 19.9 Å². The van der Waals surface area contributed by atoms with E-state index in [1.54, 1.807) is 13.8 Å².